The highest BCUT2D eigenvalue weighted by Crippen LogP contribution is 2.33. The first-order valence-electron chi connectivity index (χ1n) is 6.65. The van der Waals surface area contributed by atoms with Gasteiger partial charge in [0.1, 0.15) is 5.82 Å². The lowest BCUT2D eigenvalue weighted by Gasteiger charge is -2.15. The van der Waals surface area contributed by atoms with Crippen LogP contribution in [-0.2, 0) is 17.6 Å². The molecular formula is C16H14ClFN2O. The molecule has 0 saturated heterocycles. The Kier molecular flexibility index (Phi) is 3.66. The minimum absolute atomic E-state index is 0.0445. The van der Waals surface area contributed by atoms with E-state index in [2.05, 4.69) is 5.32 Å². The Bertz CT molecular complexity index is 717. The van der Waals surface area contributed by atoms with E-state index in [0.29, 0.717) is 17.9 Å². The van der Waals surface area contributed by atoms with Gasteiger partial charge in [-0.05, 0) is 41.3 Å². The second kappa shape index (κ2) is 5.47. The van der Waals surface area contributed by atoms with E-state index < -0.39 is 0 Å². The van der Waals surface area contributed by atoms with Crippen molar-refractivity contribution in [3.8, 4) is 0 Å². The summed E-state index contributed by atoms with van der Waals surface area (Å²) in [5.74, 6) is -0.327. The van der Waals surface area contributed by atoms with Crippen molar-refractivity contribution in [3.05, 3.63) is 63.9 Å². The van der Waals surface area contributed by atoms with Crippen LogP contribution in [-0.4, -0.2) is 5.91 Å². The molecule has 0 aromatic heterocycles. The van der Waals surface area contributed by atoms with E-state index in [1.54, 1.807) is 12.1 Å². The van der Waals surface area contributed by atoms with Gasteiger partial charge < -0.3 is 11.1 Å². The van der Waals surface area contributed by atoms with Gasteiger partial charge in [-0.3, -0.25) is 4.79 Å². The maximum atomic E-state index is 13.2. The SMILES string of the molecule is NC(Cc1cccc(F)c1)c1cc2c(cc1Cl)NC(=O)C2. The van der Waals surface area contributed by atoms with Crippen molar-refractivity contribution >= 4 is 23.2 Å². The number of hydrogen-bond donors (Lipinski definition) is 2. The number of hydrogen-bond acceptors (Lipinski definition) is 2. The smallest absolute Gasteiger partial charge is 0.228 e. The molecule has 3 nitrogen and oxygen atoms in total. The topological polar surface area (TPSA) is 55.1 Å². The highest BCUT2D eigenvalue weighted by atomic mass is 35.5. The van der Waals surface area contributed by atoms with Crippen LogP contribution in [0.2, 0.25) is 5.02 Å². The maximum Gasteiger partial charge on any atom is 0.228 e. The van der Waals surface area contributed by atoms with E-state index in [4.69, 9.17) is 17.3 Å². The number of benzene rings is 2. The number of amides is 1. The summed E-state index contributed by atoms with van der Waals surface area (Å²) in [7, 11) is 0. The first-order valence-corrected chi connectivity index (χ1v) is 7.03. The van der Waals surface area contributed by atoms with Crippen molar-refractivity contribution in [2.45, 2.75) is 18.9 Å². The number of rotatable bonds is 3. The minimum Gasteiger partial charge on any atom is -0.325 e. The summed E-state index contributed by atoms with van der Waals surface area (Å²) < 4.78 is 13.2. The van der Waals surface area contributed by atoms with Gasteiger partial charge >= 0.3 is 0 Å². The van der Waals surface area contributed by atoms with Crippen LogP contribution >= 0.6 is 11.6 Å². The normalized spacial score (nSPS) is 14.7. The van der Waals surface area contributed by atoms with Crippen LogP contribution in [0, 0.1) is 5.82 Å². The van der Waals surface area contributed by atoms with Gasteiger partial charge in [0, 0.05) is 16.8 Å². The molecule has 0 spiro atoms. The van der Waals surface area contributed by atoms with Crippen LogP contribution in [0.5, 0.6) is 0 Å². The van der Waals surface area contributed by atoms with Gasteiger partial charge in [-0.25, -0.2) is 4.39 Å². The molecule has 108 valence electrons. The molecule has 2 aromatic rings. The third-order valence-corrected chi connectivity index (χ3v) is 3.92. The van der Waals surface area contributed by atoms with Crippen LogP contribution < -0.4 is 11.1 Å². The second-order valence-corrected chi connectivity index (χ2v) is 5.60. The lowest BCUT2D eigenvalue weighted by atomic mass is 9.97. The van der Waals surface area contributed by atoms with Crippen LogP contribution in [0.15, 0.2) is 36.4 Å². The van der Waals surface area contributed by atoms with E-state index >= 15 is 0 Å². The van der Waals surface area contributed by atoms with Gasteiger partial charge in [0.15, 0.2) is 0 Å². The molecule has 1 aliphatic rings. The predicted octanol–water partition coefficient (Wildman–Crippen LogP) is 3.22. The molecule has 1 heterocycles. The van der Waals surface area contributed by atoms with Crippen LogP contribution in [0.1, 0.15) is 22.7 Å². The minimum atomic E-state index is -0.347. The lowest BCUT2D eigenvalue weighted by Crippen LogP contribution is -2.14. The molecule has 5 heteroatoms. The highest BCUT2D eigenvalue weighted by Gasteiger charge is 2.21. The number of anilines is 1. The number of carbonyl (C=O) groups is 1. The third kappa shape index (κ3) is 2.91. The van der Waals surface area contributed by atoms with E-state index in [1.807, 2.05) is 12.1 Å². The summed E-state index contributed by atoms with van der Waals surface area (Å²) in [4.78, 5) is 11.4. The standard InChI is InChI=1S/C16H14ClFN2O/c17-13-8-15-10(7-16(21)20-15)6-12(13)14(19)5-9-2-1-3-11(18)4-9/h1-4,6,8,14H,5,7,19H2,(H,20,21). The summed E-state index contributed by atoms with van der Waals surface area (Å²) in [5, 5.41) is 3.26. The summed E-state index contributed by atoms with van der Waals surface area (Å²) >= 11 is 6.24. The first kappa shape index (κ1) is 14.0. The van der Waals surface area contributed by atoms with E-state index in [-0.39, 0.29) is 17.8 Å². The Morgan fingerprint density at radius 1 is 1.33 bits per heavy atom. The second-order valence-electron chi connectivity index (χ2n) is 5.20. The van der Waals surface area contributed by atoms with Gasteiger partial charge in [0.05, 0.1) is 6.42 Å². The average Bonchev–Trinajstić information content (AvgIpc) is 2.76. The molecule has 2 aromatic carbocycles. The molecule has 0 bridgehead atoms. The van der Waals surface area contributed by atoms with Crippen molar-refractivity contribution in [2.75, 3.05) is 5.32 Å². The van der Waals surface area contributed by atoms with Crippen molar-refractivity contribution in [1.82, 2.24) is 0 Å². The first-order chi connectivity index (χ1) is 10.0. The summed E-state index contributed by atoms with van der Waals surface area (Å²) in [6.45, 7) is 0. The number of fused-ring (bicyclic) bond motifs is 1. The molecular weight excluding hydrogens is 291 g/mol. The van der Waals surface area contributed by atoms with Crippen LogP contribution in [0.25, 0.3) is 0 Å². The molecule has 0 fully saturated rings. The zero-order valence-electron chi connectivity index (χ0n) is 11.2. The van der Waals surface area contributed by atoms with Crippen molar-refractivity contribution < 1.29 is 9.18 Å². The number of nitrogens with one attached hydrogen (secondary N) is 1. The Balaban J connectivity index is 1.87. The molecule has 1 atom stereocenters. The molecule has 1 amide bonds. The largest absolute Gasteiger partial charge is 0.325 e. The monoisotopic (exact) mass is 304 g/mol. The van der Waals surface area contributed by atoms with Crippen molar-refractivity contribution in [1.29, 1.82) is 0 Å². The third-order valence-electron chi connectivity index (χ3n) is 3.59. The fourth-order valence-corrected chi connectivity index (χ4v) is 2.88. The Morgan fingerprint density at radius 3 is 2.90 bits per heavy atom. The van der Waals surface area contributed by atoms with Gasteiger partial charge in [0.2, 0.25) is 5.91 Å². The van der Waals surface area contributed by atoms with Crippen molar-refractivity contribution in [3.63, 3.8) is 0 Å². The molecule has 0 aliphatic carbocycles. The summed E-state index contributed by atoms with van der Waals surface area (Å²) in [5.41, 5.74) is 9.42. The average molecular weight is 305 g/mol. The molecule has 3 N–H and O–H groups in total. The Morgan fingerprint density at radius 2 is 2.14 bits per heavy atom. The highest BCUT2D eigenvalue weighted by molar-refractivity contribution is 6.32. The number of halogens is 2. The fourth-order valence-electron chi connectivity index (χ4n) is 2.58. The quantitative estimate of drug-likeness (QED) is 0.915. The zero-order valence-corrected chi connectivity index (χ0v) is 12.0. The fraction of sp³-hybridized carbons (Fsp3) is 0.188. The molecule has 0 saturated carbocycles. The van der Waals surface area contributed by atoms with Gasteiger partial charge in [-0.1, -0.05) is 29.8 Å². The Labute approximate surface area is 126 Å². The number of carbonyl (C=O) groups excluding carboxylic acids is 1. The summed E-state index contributed by atoms with van der Waals surface area (Å²) in [6.07, 6.45) is 0.823. The van der Waals surface area contributed by atoms with Gasteiger partial charge in [-0.15, -0.1) is 0 Å². The van der Waals surface area contributed by atoms with Crippen LogP contribution in [0.3, 0.4) is 0 Å². The molecule has 1 aliphatic heterocycles. The Hall–Kier alpha value is -1.91. The molecule has 0 radical (unpaired) electrons. The van der Waals surface area contributed by atoms with E-state index in [9.17, 15) is 9.18 Å². The zero-order chi connectivity index (χ0) is 15.0. The predicted molar refractivity (Wildman–Crippen MR) is 80.8 cm³/mol. The molecule has 1 unspecified atom stereocenters. The van der Waals surface area contributed by atoms with Gasteiger partial charge in [-0.2, -0.15) is 0 Å². The van der Waals surface area contributed by atoms with Crippen LogP contribution in [0.4, 0.5) is 10.1 Å². The number of nitrogens with two attached hydrogens (primary N) is 1. The molecule has 3 rings (SSSR count). The van der Waals surface area contributed by atoms with Gasteiger partial charge in [0.25, 0.3) is 0 Å². The van der Waals surface area contributed by atoms with E-state index in [0.717, 1.165) is 22.4 Å². The van der Waals surface area contributed by atoms with Crippen molar-refractivity contribution in [2.24, 2.45) is 5.73 Å². The summed E-state index contributed by atoms with van der Waals surface area (Å²) in [6, 6.07) is 9.59. The molecule has 21 heavy (non-hydrogen) atoms. The lowest BCUT2D eigenvalue weighted by molar-refractivity contribution is -0.115. The van der Waals surface area contributed by atoms with E-state index in [1.165, 1.54) is 12.1 Å². The maximum absolute atomic E-state index is 13.2.